The number of fused-ring (bicyclic) bond motifs is 1. The number of thioether (sulfide) groups is 1. The Morgan fingerprint density at radius 2 is 2.05 bits per heavy atom. The second-order valence-electron chi connectivity index (χ2n) is 4.85. The number of anilines is 1. The zero-order chi connectivity index (χ0) is 15.4. The third-order valence-electron chi connectivity index (χ3n) is 3.24. The van der Waals surface area contributed by atoms with Gasteiger partial charge in [-0.2, -0.15) is 0 Å². The van der Waals surface area contributed by atoms with Crippen LogP contribution in [0.25, 0.3) is 10.8 Å². The van der Waals surface area contributed by atoms with Gasteiger partial charge in [-0.3, -0.25) is 14.6 Å². The maximum Gasteiger partial charge on any atom is 0.234 e. The van der Waals surface area contributed by atoms with Crippen molar-refractivity contribution in [2.75, 3.05) is 17.6 Å². The zero-order valence-electron chi connectivity index (χ0n) is 11.8. The molecule has 0 aromatic heterocycles. The van der Waals surface area contributed by atoms with Gasteiger partial charge in [0.15, 0.2) is 5.17 Å². The van der Waals surface area contributed by atoms with Crippen molar-refractivity contribution in [2.45, 2.75) is 6.42 Å². The predicted octanol–water partition coefficient (Wildman–Crippen LogP) is 2.39. The Hall–Kier alpha value is -2.34. The monoisotopic (exact) mass is 313 g/mol. The summed E-state index contributed by atoms with van der Waals surface area (Å²) in [5.74, 6) is 0.0401. The summed E-state index contributed by atoms with van der Waals surface area (Å²) in [6.07, 6.45) is 0.409. The van der Waals surface area contributed by atoms with Crippen LogP contribution in [0.4, 0.5) is 5.69 Å². The number of rotatable bonds is 3. The van der Waals surface area contributed by atoms with E-state index in [2.05, 4.69) is 15.6 Å². The van der Waals surface area contributed by atoms with Crippen molar-refractivity contribution in [3.05, 3.63) is 42.5 Å². The van der Waals surface area contributed by atoms with Crippen LogP contribution in [-0.2, 0) is 9.59 Å². The molecule has 6 heteroatoms. The molecule has 22 heavy (non-hydrogen) atoms. The summed E-state index contributed by atoms with van der Waals surface area (Å²) in [5.41, 5.74) is 0.790. The fraction of sp³-hybridized carbons (Fsp3) is 0.188. The molecule has 0 spiro atoms. The molecule has 112 valence electrons. The Bertz CT molecular complexity index is 753. The highest BCUT2D eigenvalue weighted by Crippen LogP contribution is 2.23. The van der Waals surface area contributed by atoms with E-state index in [1.54, 1.807) is 0 Å². The molecule has 0 fully saturated rings. The first kappa shape index (κ1) is 14.6. The predicted molar refractivity (Wildman–Crippen MR) is 90.1 cm³/mol. The molecular formula is C16H15N3O2S. The Morgan fingerprint density at radius 1 is 1.23 bits per heavy atom. The van der Waals surface area contributed by atoms with Crippen molar-refractivity contribution >= 4 is 45.2 Å². The summed E-state index contributed by atoms with van der Waals surface area (Å²) in [6, 6.07) is 13.7. The number of benzene rings is 2. The molecule has 0 radical (unpaired) electrons. The van der Waals surface area contributed by atoms with Crippen LogP contribution < -0.4 is 10.6 Å². The van der Waals surface area contributed by atoms with E-state index >= 15 is 0 Å². The van der Waals surface area contributed by atoms with Crippen molar-refractivity contribution in [3.8, 4) is 0 Å². The van der Waals surface area contributed by atoms with Crippen molar-refractivity contribution in [2.24, 2.45) is 4.99 Å². The fourth-order valence-electron chi connectivity index (χ4n) is 2.22. The van der Waals surface area contributed by atoms with Crippen molar-refractivity contribution in [1.29, 1.82) is 0 Å². The largest absolute Gasteiger partial charge is 0.325 e. The highest BCUT2D eigenvalue weighted by atomic mass is 32.2. The number of nitrogens with one attached hydrogen (secondary N) is 2. The summed E-state index contributed by atoms with van der Waals surface area (Å²) >= 11 is 1.24. The van der Waals surface area contributed by atoms with Gasteiger partial charge in [0.25, 0.3) is 0 Å². The van der Waals surface area contributed by atoms with Crippen LogP contribution in [0.15, 0.2) is 47.5 Å². The summed E-state index contributed by atoms with van der Waals surface area (Å²) in [6.45, 7) is 0.485. The number of hydrogen-bond acceptors (Lipinski definition) is 4. The lowest BCUT2D eigenvalue weighted by Gasteiger charge is -2.13. The van der Waals surface area contributed by atoms with E-state index in [1.165, 1.54) is 11.8 Å². The summed E-state index contributed by atoms with van der Waals surface area (Å²) in [5, 5.41) is 8.17. The number of amidine groups is 1. The molecule has 1 heterocycles. The van der Waals surface area contributed by atoms with E-state index < -0.39 is 0 Å². The molecular weight excluding hydrogens is 298 g/mol. The Morgan fingerprint density at radius 3 is 2.91 bits per heavy atom. The minimum absolute atomic E-state index is 0.0491. The van der Waals surface area contributed by atoms with Crippen LogP contribution in [0.2, 0.25) is 0 Å². The highest BCUT2D eigenvalue weighted by Gasteiger charge is 2.13. The van der Waals surface area contributed by atoms with E-state index in [-0.39, 0.29) is 17.6 Å². The van der Waals surface area contributed by atoms with Gasteiger partial charge in [-0.25, -0.2) is 0 Å². The first-order valence-corrected chi connectivity index (χ1v) is 7.95. The number of carbonyl (C=O) groups excluding carboxylic acids is 2. The first-order chi connectivity index (χ1) is 10.7. The Balaban J connectivity index is 1.64. The van der Waals surface area contributed by atoms with E-state index in [9.17, 15) is 9.59 Å². The summed E-state index contributed by atoms with van der Waals surface area (Å²) < 4.78 is 0. The van der Waals surface area contributed by atoms with Crippen molar-refractivity contribution in [3.63, 3.8) is 0 Å². The smallest absolute Gasteiger partial charge is 0.234 e. The van der Waals surface area contributed by atoms with Gasteiger partial charge in [-0.15, -0.1) is 0 Å². The van der Waals surface area contributed by atoms with Gasteiger partial charge in [0.05, 0.1) is 12.3 Å². The number of hydrogen-bond donors (Lipinski definition) is 2. The third-order valence-corrected chi connectivity index (χ3v) is 4.16. The van der Waals surface area contributed by atoms with E-state index in [0.717, 1.165) is 16.5 Å². The third kappa shape index (κ3) is 3.46. The minimum atomic E-state index is -0.121. The molecule has 5 nitrogen and oxygen atoms in total. The summed E-state index contributed by atoms with van der Waals surface area (Å²) in [4.78, 5) is 27.5. The second kappa shape index (κ2) is 6.62. The van der Waals surface area contributed by atoms with Crippen LogP contribution in [-0.4, -0.2) is 29.3 Å². The van der Waals surface area contributed by atoms with Gasteiger partial charge >= 0.3 is 0 Å². The second-order valence-corrected chi connectivity index (χ2v) is 5.81. The molecule has 0 atom stereocenters. The number of amides is 2. The Kier molecular flexibility index (Phi) is 4.39. The molecule has 2 aromatic carbocycles. The Labute approximate surface area is 132 Å². The SMILES string of the molecule is O=C1CCN=C(SCC(=O)Nc2cccc3ccccc23)N1. The average molecular weight is 313 g/mol. The standard InChI is InChI=1S/C16H15N3O2S/c20-14-8-9-17-16(19-14)22-10-15(21)18-13-7-3-5-11-4-1-2-6-12(11)13/h1-7H,8-10H2,(H,18,21)(H,17,19,20). The normalized spacial score (nSPS) is 14.4. The molecule has 1 aliphatic heterocycles. The maximum absolute atomic E-state index is 12.1. The fourth-order valence-corrected chi connectivity index (χ4v) is 2.93. The maximum atomic E-state index is 12.1. The first-order valence-electron chi connectivity index (χ1n) is 6.97. The molecule has 0 aliphatic carbocycles. The lowest BCUT2D eigenvalue weighted by molar-refractivity contribution is -0.119. The van der Waals surface area contributed by atoms with Gasteiger partial charge in [0, 0.05) is 17.5 Å². The van der Waals surface area contributed by atoms with Gasteiger partial charge in [-0.1, -0.05) is 48.2 Å². The molecule has 3 rings (SSSR count). The molecule has 2 amide bonds. The molecule has 0 saturated heterocycles. The van der Waals surface area contributed by atoms with E-state index in [4.69, 9.17) is 0 Å². The molecule has 0 unspecified atom stereocenters. The molecule has 2 aromatic rings. The van der Waals surface area contributed by atoms with Gasteiger partial charge in [0.2, 0.25) is 11.8 Å². The number of aliphatic imine (C=N–C) groups is 1. The number of carbonyl (C=O) groups is 2. The van der Waals surface area contributed by atoms with Crippen LogP contribution in [0.5, 0.6) is 0 Å². The van der Waals surface area contributed by atoms with Crippen LogP contribution in [0.1, 0.15) is 6.42 Å². The van der Waals surface area contributed by atoms with Gasteiger partial charge in [0.1, 0.15) is 0 Å². The topological polar surface area (TPSA) is 70.6 Å². The molecule has 0 bridgehead atoms. The van der Waals surface area contributed by atoms with Crippen LogP contribution in [0.3, 0.4) is 0 Å². The van der Waals surface area contributed by atoms with Crippen molar-refractivity contribution < 1.29 is 9.59 Å². The minimum Gasteiger partial charge on any atom is -0.325 e. The van der Waals surface area contributed by atoms with Crippen LogP contribution >= 0.6 is 11.8 Å². The molecule has 2 N–H and O–H groups in total. The van der Waals surface area contributed by atoms with E-state index in [0.29, 0.717) is 18.1 Å². The summed E-state index contributed by atoms with van der Waals surface area (Å²) in [7, 11) is 0. The average Bonchev–Trinajstić information content (AvgIpc) is 2.53. The quantitative estimate of drug-likeness (QED) is 0.914. The number of nitrogens with zero attached hydrogens (tertiary/aromatic N) is 1. The van der Waals surface area contributed by atoms with Gasteiger partial charge < -0.3 is 10.6 Å². The molecule has 1 aliphatic rings. The van der Waals surface area contributed by atoms with E-state index in [1.807, 2.05) is 42.5 Å². The zero-order valence-corrected chi connectivity index (χ0v) is 12.7. The lowest BCUT2D eigenvalue weighted by Crippen LogP contribution is -2.33. The molecule has 0 saturated carbocycles. The van der Waals surface area contributed by atoms with Gasteiger partial charge in [-0.05, 0) is 11.5 Å². The highest BCUT2D eigenvalue weighted by molar-refractivity contribution is 8.14. The van der Waals surface area contributed by atoms with Crippen molar-refractivity contribution in [1.82, 2.24) is 5.32 Å². The lowest BCUT2D eigenvalue weighted by atomic mass is 10.1. The van der Waals surface area contributed by atoms with Crippen LogP contribution in [0, 0.1) is 0 Å².